The van der Waals surface area contributed by atoms with Gasteiger partial charge in [-0.25, -0.2) is 0 Å². The lowest BCUT2D eigenvalue weighted by molar-refractivity contribution is 0.295. The molecule has 0 amide bonds. The maximum absolute atomic E-state index is 6.03. The normalized spacial score (nSPS) is 10.8. The van der Waals surface area contributed by atoms with Gasteiger partial charge in [0.1, 0.15) is 18.1 Å². The number of methoxy groups -OCH3 is 1. The molecule has 1 aromatic heterocycles. The third kappa shape index (κ3) is 2.83. The van der Waals surface area contributed by atoms with Gasteiger partial charge < -0.3 is 14.0 Å². The van der Waals surface area contributed by atoms with Crippen molar-refractivity contribution in [2.45, 2.75) is 6.61 Å². The van der Waals surface area contributed by atoms with Crippen molar-refractivity contribution in [2.24, 2.45) is 7.05 Å². The molecule has 0 saturated heterocycles. The Morgan fingerprint density at radius 1 is 1.05 bits per heavy atom. The van der Waals surface area contributed by atoms with E-state index < -0.39 is 0 Å². The zero-order valence-electron chi connectivity index (χ0n) is 12.0. The van der Waals surface area contributed by atoms with Crippen molar-refractivity contribution in [3.05, 3.63) is 59.2 Å². The molecule has 2 aromatic carbocycles. The highest BCUT2D eigenvalue weighted by atomic mass is 35.5. The van der Waals surface area contributed by atoms with E-state index in [1.807, 2.05) is 49.5 Å². The topological polar surface area (TPSA) is 23.4 Å². The Balaban J connectivity index is 1.83. The fourth-order valence-electron chi connectivity index (χ4n) is 2.36. The summed E-state index contributed by atoms with van der Waals surface area (Å²) in [6.07, 6.45) is 0. The summed E-state index contributed by atoms with van der Waals surface area (Å²) in [6.45, 7) is 0.496. The van der Waals surface area contributed by atoms with Gasteiger partial charge in [0, 0.05) is 29.0 Å². The number of fused-ring (bicyclic) bond motifs is 1. The maximum atomic E-state index is 6.03. The Morgan fingerprint density at radius 2 is 1.86 bits per heavy atom. The Morgan fingerprint density at radius 3 is 2.67 bits per heavy atom. The average molecular weight is 302 g/mol. The molecule has 4 heteroatoms. The van der Waals surface area contributed by atoms with Gasteiger partial charge >= 0.3 is 0 Å². The molecular formula is C17H16ClNO2. The van der Waals surface area contributed by atoms with E-state index in [1.165, 1.54) is 0 Å². The van der Waals surface area contributed by atoms with Gasteiger partial charge in [0.05, 0.1) is 12.8 Å². The van der Waals surface area contributed by atoms with E-state index in [1.54, 1.807) is 7.11 Å². The SMILES string of the molecule is COc1cccc(OCc2cc3cc(Cl)ccc3n2C)c1. The Hall–Kier alpha value is -2.13. The van der Waals surface area contributed by atoms with Crippen LogP contribution >= 0.6 is 11.6 Å². The van der Waals surface area contributed by atoms with Crippen molar-refractivity contribution in [1.29, 1.82) is 0 Å². The first-order valence-corrected chi connectivity index (χ1v) is 7.06. The third-order valence-electron chi connectivity index (χ3n) is 3.53. The first kappa shape index (κ1) is 13.8. The van der Waals surface area contributed by atoms with E-state index in [4.69, 9.17) is 21.1 Å². The van der Waals surface area contributed by atoms with Crippen molar-refractivity contribution in [3.63, 3.8) is 0 Å². The molecule has 0 radical (unpaired) electrons. The molecule has 0 aliphatic heterocycles. The van der Waals surface area contributed by atoms with E-state index in [2.05, 4.69) is 10.6 Å². The highest BCUT2D eigenvalue weighted by Crippen LogP contribution is 2.24. The molecule has 3 nitrogen and oxygen atoms in total. The molecule has 3 aromatic rings. The molecule has 1 heterocycles. The van der Waals surface area contributed by atoms with Crippen LogP contribution < -0.4 is 9.47 Å². The molecule has 0 atom stereocenters. The zero-order chi connectivity index (χ0) is 14.8. The quantitative estimate of drug-likeness (QED) is 0.712. The molecule has 0 aliphatic carbocycles. The molecular weight excluding hydrogens is 286 g/mol. The third-order valence-corrected chi connectivity index (χ3v) is 3.77. The second-order valence-corrected chi connectivity index (χ2v) is 5.30. The summed E-state index contributed by atoms with van der Waals surface area (Å²) in [5.41, 5.74) is 2.23. The van der Waals surface area contributed by atoms with Gasteiger partial charge in [0.2, 0.25) is 0 Å². The molecule has 0 N–H and O–H groups in total. The van der Waals surface area contributed by atoms with E-state index in [-0.39, 0.29) is 0 Å². The lowest BCUT2D eigenvalue weighted by Gasteiger charge is -2.08. The minimum Gasteiger partial charge on any atom is -0.497 e. The highest BCUT2D eigenvalue weighted by molar-refractivity contribution is 6.31. The van der Waals surface area contributed by atoms with Crippen LogP contribution in [0.15, 0.2) is 48.5 Å². The van der Waals surface area contributed by atoms with E-state index in [0.717, 1.165) is 33.1 Å². The van der Waals surface area contributed by atoms with E-state index in [0.29, 0.717) is 6.61 Å². The van der Waals surface area contributed by atoms with Crippen molar-refractivity contribution in [2.75, 3.05) is 7.11 Å². The number of hydrogen-bond donors (Lipinski definition) is 0. The number of nitrogens with zero attached hydrogens (tertiary/aromatic N) is 1. The van der Waals surface area contributed by atoms with Crippen LogP contribution in [0.3, 0.4) is 0 Å². The standard InChI is InChI=1S/C17H16ClNO2/c1-19-14(9-12-8-13(18)6-7-17(12)19)11-21-16-5-3-4-15(10-16)20-2/h3-10H,11H2,1-2H3. The molecule has 3 rings (SSSR count). The van der Waals surface area contributed by atoms with Crippen molar-refractivity contribution in [1.82, 2.24) is 4.57 Å². The van der Waals surface area contributed by atoms with Crippen molar-refractivity contribution >= 4 is 22.5 Å². The van der Waals surface area contributed by atoms with Gasteiger partial charge in [-0.15, -0.1) is 0 Å². The summed E-state index contributed by atoms with van der Waals surface area (Å²) in [5, 5.41) is 1.86. The number of aromatic nitrogens is 1. The molecule has 0 bridgehead atoms. The minimum absolute atomic E-state index is 0.496. The highest BCUT2D eigenvalue weighted by Gasteiger charge is 2.07. The van der Waals surface area contributed by atoms with Crippen LogP contribution in [-0.2, 0) is 13.7 Å². The van der Waals surface area contributed by atoms with Gasteiger partial charge in [-0.2, -0.15) is 0 Å². The second kappa shape index (κ2) is 5.70. The molecule has 0 spiro atoms. The van der Waals surface area contributed by atoms with Crippen LogP contribution in [0.4, 0.5) is 0 Å². The van der Waals surface area contributed by atoms with Gasteiger partial charge in [-0.1, -0.05) is 17.7 Å². The summed E-state index contributed by atoms with van der Waals surface area (Å²) in [6, 6.07) is 15.6. The monoisotopic (exact) mass is 301 g/mol. The predicted octanol–water partition coefficient (Wildman–Crippen LogP) is 4.42. The number of hydrogen-bond acceptors (Lipinski definition) is 2. The van der Waals surface area contributed by atoms with Crippen molar-refractivity contribution < 1.29 is 9.47 Å². The first-order chi connectivity index (χ1) is 10.2. The van der Waals surface area contributed by atoms with Crippen LogP contribution in [0.25, 0.3) is 10.9 Å². The molecule has 0 fully saturated rings. The van der Waals surface area contributed by atoms with Gasteiger partial charge in [0.15, 0.2) is 0 Å². The summed E-state index contributed by atoms with van der Waals surface area (Å²) in [4.78, 5) is 0. The van der Waals surface area contributed by atoms with Gasteiger partial charge in [-0.05, 0) is 36.4 Å². The van der Waals surface area contributed by atoms with Crippen LogP contribution in [-0.4, -0.2) is 11.7 Å². The Bertz CT molecular complexity index is 780. The summed E-state index contributed by atoms with van der Waals surface area (Å²) >= 11 is 6.03. The Labute approximate surface area is 128 Å². The minimum atomic E-state index is 0.496. The molecule has 21 heavy (non-hydrogen) atoms. The maximum Gasteiger partial charge on any atom is 0.128 e. The molecule has 0 unspecified atom stereocenters. The molecule has 0 saturated carbocycles. The first-order valence-electron chi connectivity index (χ1n) is 6.68. The predicted molar refractivity (Wildman–Crippen MR) is 85.3 cm³/mol. The summed E-state index contributed by atoms with van der Waals surface area (Å²) in [5.74, 6) is 1.58. The largest absolute Gasteiger partial charge is 0.497 e. The average Bonchev–Trinajstić information content (AvgIpc) is 2.81. The number of rotatable bonds is 4. The smallest absolute Gasteiger partial charge is 0.128 e. The molecule has 0 aliphatic rings. The second-order valence-electron chi connectivity index (χ2n) is 4.87. The van der Waals surface area contributed by atoms with Gasteiger partial charge in [-0.3, -0.25) is 0 Å². The number of ether oxygens (including phenoxy) is 2. The van der Waals surface area contributed by atoms with E-state index >= 15 is 0 Å². The van der Waals surface area contributed by atoms with Crippen LogP contribution in [0.1, 0.15) is 5.69 Å². The Kier molecular flexibility index (Phi) is 3.76. The lowest BCUT2D eigenvalue weighted by atomic mass is 10.2. The summed E-state index contributed by atoms with van der Waals surface area (Å²) < 4.78 is 13.2. The van der Waals surface area contributed by atoms with Crippen LogP contribution in [0, 0.1) is 0 Å². The fourth-order valence-corrected chi connectivity index (χ4v) is 2.54. The summed E-state index contributed by atoms with van der Waals surface area (Å²) in [7, 11) is 3.67. The number of aryl methyl sites for hydroxylation is 1. The lowest BCUT2D eigenvalue weighted by Crippen LogP contribution is -2.01. The zero-order valence-corrected chi connectivity index (χ0v) is 12.7. The molecule has 108 valence electrons. The van der Waals surface area contributed by atoms with Crippen molar-refractivity contribution in [3.8, 4) is 11.5 Å². The number of halogens is 1. The fraction of sp³-hybridized carbons (Fsp3) is 0.176. The number of benzene rings is 2. The van der Waals surface area contributed by atoms with E-state index in [9.17, 15) is 0 Å². The van der Waals surface area contributed by atoms with Crippen LogP contribution in [0.2, 0.25) is 5.02 Å². The van der Waals surface area contributed by atoms with Gasteiger partial charge in [0.25, 0.3) is 0 Å². The van der Waals surface area contributed by atoms with Crippen LogP contribution in [0.5, 0.6) is 11.5 Å².